The van der Waals surface area contributed by atoms with Crippen LogP contribution in [0.1, 0.15) is 5.56 Å². The zero-order valence-corrected chi connectivity index (χ0v) is 15.6. The van der Waals surface area contributed by atoms with Crippen LogP contribution in [0.25, 0.3) is 11.7 Å². The highest BCUT2D eigenvalue weighted by atomic mass is 79.9. The van der Waals surface area contributed by atoms with E-state index in [1.165, 1.54) is 0 Å². The van der Waals surface area contributed by atoms with Crippen molar-refractivity contribution < 1.29 is 13.6 Å². The van der Waals surface area contributed by atoms with Gasteiger partial charge in [0.15, 0.2) is 10.4 Å². The van der Waals surface area contributed by atoms with Gasteiger partial charge in [0.05, 0.1) is 0 Å². The van der Waals surface area contributed by atoms with E-state index in [0.29, 0.717) is 20.3 Å². The van der Waals surface area contributed by atoms with Gasteiger partial charge in [0, 0.05) is 16.6 Å². The fourth-order valence-corrected chi connectivity index (χ4v) is 2.69. The molecule has 2 aromatic heterocycles. The first-order chi connectivity index (χ1) is 11.9. The maximum atomic E-state index is 12.0. The van der Waals surface area contributed by atoms with E-state index >= 15 is 0 Å². The van der Waals surface area contributed by atoms with E-state index in [1.807, 2.05) is 0 Å². The Morgan fingerprint density at radius 2 is 2.04 bits per heavy atom. The summed E-state index contributed by atoms with van der Waals surface area (Å²) in [7, 11) is 0. The van der Waals surface area contributed by atoms with E-state index in [9.17, 15) is 9.59 Å². The topological polar surface area (TPSA) is 90.3 Å². The normalized spacial score (nSPS) is 10.8. The van der Waals surface area contributed by atoms with Gasteiger partial charge in [0.25, 0.3) is 5.89 Å². The van der Waals surface area contributed by atoms with Crippen molar-refractivity contribution in [1.29, 1.82) is 0 Å². The molecular formula is C15H10BrCl2N3O4. The molecule has 1 aromatic carbocycles. The lowest BCUT2D eigenvalue weighted by Gasteiger charge is -2.07. The zero-order valence-electron chi connectivity index (χ0n) is 12.5. The number of hydrogen-bond acceptors (Lipinski definition) is 5. The van der Waals surface area contributed by atoms with Crippen LogP contribution in [-0.2, 0) is 17.9 Å². The molecule has 0 aliphatic heterocycles. The number of benzene rings is 1. The number of hydrogen-bond donors (Lipinski definition) is 1. The first kappa shape index (κ1) is 17.8. The molecule has 0 bridgehead atoms. The van der Waals surface area contributed by atoms with Crippen molar-refractivity contribution in [1.82, 2.24) is 15.1 Å². The predicted octanol–water partition coefficient (Wildman–Crippen LogP) is 3.48. The zero-order chi connectivity index (χ0) is 18.0. The second-order valence-electron chi connectivity index (χ2n) is 4.95. The van der Waals surface area contributed by atoms with Crippen molar-refractivity contribution in [3.8, 4) is 11.7 Å². The van der Waals surface area contributed by atoms with E-state index in [4.69, 9.17) is 32.0 Å². The highest BCUT2D eigenvalue weighted by Gasteiger charge is 2.16. The van der Waals surface area contributed by atoms with Crippen LogP contribution in [0.2, 0.25) is 10.0 Å². The highest BCUT2D eigenvalue weighted by Crippen LogP contribution is 2.22. The molecule has 3 rings (SSSR count). The number of carbonyl (C=O) groups is 1. The molecule has 0 saturated carbocycles. The van der Waals surface area contributed by atoms with Crippen LogP contribution in [0.3, 0.4) is 0 Å². The van der Waals surface area contributed by atoms with Crippen molar-refractivity contribution in [2.24, 2.45) is 0 Å². The summed E-state index contributed by atoms with van der Waals surface area (Å²) in [6, 6.07) is 8.16. The fourth-order valence-electron chi connectivity index (χ4n) is 2.00. The summed E-state index contributed by atoms with van der Waals surface area (Å²) in [6.07, 6.45) is 0. The van der Waals surface area contributed by atoms with Crippen molar-refractivity contribution >= 4 is 45.0 Å². The molecule has 7 nitrogen and oxygen atoms in total. The number of halogens is 3. The van der Waals surface area contributed by atoms with Crippen molar-refractivity contribution in [3.63, 3.8) is 0 Å². The summed E-state index contributed by atoms with van der Waals surface area (Å²) in [5.74, 6) is -0.938. The maximum absolute atomic E-state index is 12.0. The first-order valence-corrected chi connectivity index (χ1v) is 8.51. The number of aromatic nitrogens is 2. The Labute approximate surface area is 159 Å². The van der Waals surface area contributed by atoms with E-state index in [-0.39, 0.29) is 24.7 Å². The SMILES string of the molecule is O=C(Cn1nc(-c2ccc(Br)o2)oc1=O)NCc1cc(Cl)ccc1Cl. The average Bonchev–Trinajstić information content (AvgIpc) is 3.15. The van der Waals surface area contributed by atoms with Crippen LogP contribution in [0.4, 0.5) is 0 Å². The molecule has 0 saturated heterocycles. The lowest BCUT2D eigenvalue weighted by Crippen LogP contribution is -2.31. The molecule has 0 aliphatic carbocycles. The number of amides is 1. The molecule has 0 atom stereocenters. The summed E-state index contributed by atoms with van der Waals surface area (Å²) < 4.78 is 11.6. The third-order valence-corrected chi connectivity index (χ3v) is 4.20. The first-order valence-electron chi connectivity index (χ1n) is 6.96. The van der Waals surface area contributed by atoms with Gasteiger partial charge in [-0.25, -0.2) is 4.79 Å². The third kappa shape index (κ3) is 4.33. The summed E-state index contributed by atoms with van der Waals surface area (Å²) in [5.41, 5.74) is 0.663. The molecule has 0 fully saturated rings. The van der Waals surface area contributed by atoms with Crippen LogP contribution in [0.15, 0.2) is 48.6 Å². The molecule has 0 radical (unpaired) electrons. The van der Waals surface area contributed by atoms with Crippen LogP contribution in [0, 0.1) is 0 Å². The molecule has 0 aliphatic rings. The quantitative estimate of drug-likeness (QED) is 0.647. The van der Waals surface area contributed by atoms with Gasteiger partial charge in [-0.1, -0.05) is 23.2 Å². The molecule has 0 unspecified atom stereocenters. The lowest BCUT2D eigenvalue weighted by atomic mass is 10.2. The maximum Gasteiger partial charge on any atom is 0.437 e. The highest BCUT2D eigenvalue weighted by molar-refractivity contribution is 9.10. The molecule has 130 valence electrons. The molecule has 1 amide bonds. The molecule has 25 heavy (non-hydrogen) atoms. The Hall–Kier alpha value is -2.03. The monoisotopic (exact) mass is 445 g/mol. The van der Waals surface area contributed by atoms with Gasteiger partial charge < -0.3 is 14.2 Å². The van der Waals surface area contributed by atoms with Gasteiger partial charge in [0.1, 0.15) is 6.54 Å². The van der Waals surface area contributed by atoms with Crippen molar-refractivity contribution in [2.75, 3.05) is 0 Å². The lowest BCUT2D eigenvalue weighted by molar-refractivity contribution is -0.122. The Balaban J connectivity index is 1.66. The second kappa shape index (κ2) is 7.47. The molecule has 3 aromatic rings. The Morgan fingerprint density at radius 1 is 1.24 bits per heavy atom. The molecule has 0 spiro atoms. The van der Waals surface area contributed by atoms with Crippen LogP contribution in [0.5, 0.6) is 0 Å². The largest absolute Gasteiger partial charge is 0.444 e. The average molecular weight is 447 g/mol. The molecule has 1 N–H and O–H groups in total. The fraction of sp³-hybridized carbons (Fsp3) is 0.133. The molecule has 2 heterocycles. The number of furan rings is 1. The smallest absolute Gasteiger partial charge is 0.437 e. The van der Waals surface area contributed by atoms with Gasteiger partial charge in [-0.05, 0) is 51.8 Å². The van der Waals surface area contributed by atoms with Crippen molar-refractivity contribution in [2.45, 2.75) is 13.1 Å². The van der Waals surface area contributed by atoms with Crippen LogP contribution >= 0.6 is 39.1 Å². The van der Waals surface area contributed by atoms with Gasteiger partial charge in [-0.2, -0.15) is 4.68 Å². The number of carbonyl (C=O) groups excluding carboxylic acids is 1. The number of rotatable bonds is 5. The van der Waals surface area contributed by atoms with E-state index in [2.05, 4.69) is 26.3 Å². The van der Waals surface area contributed by atoms with Crippen molar-refractivity contribution in [3.05, 3.63) is 61.2 Å². The Kier molecular flexibility index (Phi) is 5.31. The minimum Gasteiger partial charge on any atom is -0.444 e. The minimum atomic E-state index is -0.765. The van der Waals surface area contributed by atoms with E-state index < -0.39 is 11.7 Å². The van der Waals surface area contributed by atoms with E-state index in [1.54, 1.807) is 30.3 Å². The Bertz CT molecular complexity index is 979. The standard InChI is InChI=1S/C15H10BrCl2N3O4/c16-12-4-3-11(24-12)14-20-21(15(23)25-14)7-13(22)19-6-8-5-9(17)1-2-10(8)18/h1-5H,6-7H2,(H,19,22). The predicted molar refractivity (Wildman–Crippen MR) is 94.5 cm³/mol. The van der Waals surface area contributed by atoms with Crippen LogP contribution < -0.4 is 11.1 Å². The summed E-state index contributed by atoms with van der Waals surface area (Å²) in [5, 5.41) is 7.57. The summed E-state index contributed by atoms with van der Waals surface area (Å²) >= 11 is 15.1. The van der Waals surface area contributed by atoms with Crippen LogP contribution in [-0.4, -0.2) is 15.7 Å². The molecular weight excluding hydrogens is 437 g/mol. The number of nitrogens with zero attached hydrogens (tertiary/aromatic N) is 2. The summed E-state index contributed by atoms with van der Waals surface area (Å²) in [6.45, 7) is -0.134. The number of nitrogens with one attached hydrogen (secondary N) is 1. The van der Waals surface area contributed by atoms with Gasteiger partial charge in [-0.15, -0.1) is 5.10 Å². The second-order valence-corrected chi connectivity index (χ2v) is 6.57. The molecule has 10 heteroatoms. The third-order valence-electron chi connectivity index (χ3n) is 3.17. The Morgan fingerprint density at radius 3 is 2.76 bits per heavy atom. The van der Waals surface area contributed by atoms with Gasteiger partial charge in [-0.3, -0.25) is 4.79 Å². The summed E-state index contributed by atoms with van der Waals surface area (Å²) in [4.78, 5) is 23.8. The van der Waals surface area contributed by atoms with Gasteiger partial charge >= 0.3 is 5.76 Å². The van der Waals surface area contributed by atoms with E-state index in [0.717, 1.165) is 4.68 Å². The minimum absolute atomic E-state index is 0.0126. The van der Waals surface area contributed by atoms with Gasteiger partial charge in [0.2, 0.25) is 5.91 Å².